The SMILES string of the molecule is CC(C)NCCC(=O)N(C)Cc1ncc[nH]1. The number of nitrogens with zero attached hydrogens (tertiary/aromatic N) is 2. The van der Waals surface area contributed by atoms with Crippen LogP contribution in [0.5, 0.6) is 0 Å². The number of carbonyl (C=O) groups is 1. The number of carbonyl (C=O) groups excluding carboxylic acids is 1. The molecule has 0 atom stereocenters. The number of hydrogen-bond donors (Lipinski definition) is 2. The van der Waals surface area contributed by atoms with Crippen molar-refractivity contribution in [3.8, 4) is 0 Å². The lowest BCUT2D eigenvalue weighted by Gasteiger charge is -2.16. The van der Waals surface area contributed by atoms with Gasteiger partial charge in [0.15, 0.2) is 0 Å². The van der Waals surface area contributed by atoms with E-state index < -0.39 is 0 Å². The zero-order valence-corrected chi connectivity index (χ0v) is 10.2. The first-order valence-electron chi connectivity index (χ1n) is 5.55. The van der Waals surface area contributed by atoms with E-state index in [4.69, 9.17) is 0 Å². The molecule has 0 aliphatic heterocycles. The fourth-order valence-corrected chi connectivity index (χ4v) is 1.36. The van der Waals surface area contributed by atoms with Crippen molar-refractivity contribution in [1.29, 1.82) is 0 Å². The van der Waals surface area contributed by atoms with Gasteiger partial charge in [0.1, 0.15) is 5.82 Å². The molecule has 0 unspecified atom stereocenters. The minimum Gasteiger partial charge on any atom is -0.347 e. The van der Waals surface area contributed by atoms with Gasteiger partial charge in [-0.25, -0.2) is 4.98 Å². The molecular formula is C11H20N4O. The molecule has 2 N–H and O–H groups in total. The Morgan fingerprint density at radius 1 is 1.62 bits per heavy atom. The normalized spacial score (nSPS) is 10.8. The van der Waals surface area contributed by atoms with Crippen LogP contribution in [0.2, 0.25) is 0 Å². The summed E-state index contributed by atoms with van der Waals surface area (Å²) in [6, 6.07) is 0.420. The van der Waals surface area contributed by atoms with Crippen LogP contribution < -0.4 is 5.32 Å². The van der Waals surface area contributed by atoms with Gasteiger partial charge in [0.25, 0.3) is 0 Å². The van der Waals surface area contributed by atoms with E-state index in [1.807, 2.05) is 0 Å². The van der Waals surface area contributed by atoms with Gasteiger partial charge >= 0.3 is 0 Å². The van der Waals surface area contributed by atoms with Gasteiger partial charge in [-0.05, 0) is 0 Å². The Morgan fingerprint density at radius 3 is 2.94 bits per heavy atom. The molecule has 1 rings (SSSR count). The third-order valence-corrected chi connectivity index (χ3v) is 2.26. The van der Waals surface area contributed by atoms with E-state index in [2.05, 4.69) is 29.1 Å². The second-order valence-corrected chi connectivity index (χ2v) is 4.14. The fraction of sp³-hybridized carbons (Fsp3) is 0.636. The summed E-state index contributed by atoms with van der Waals surface area (Å²) in [6.45, 7) is 5.39. The first-order chi connectivity index (χ1) is 7.59. The van der Waals surface area contributed by atoms with Crippen LogP contribution in [0.15, 0.2) is 12.4 Å². The average molecular weight is 224 g/mol. The zero-order chi connectivity index (χ0) is 12.0. The maximum atomic E-state index is 11.7. The van der Waals surface area contributed by atoms with E-state index in [1.54, 1.807) is 24.3 Å². The van der Waals surface area contributed by atoms with E-state index in [1.165, 1.54) is 0 Å². The lowest BCUT2D eigenvalue weighted by atomic mass is 10.3. The van der Waals surface area contributed by atoms with Gasteiger partial charge in [0.2, 0.25) is 5.91 Å². The second kappa shape index (κ2) is 6.27. The maximum Gasteiger partial charge on any atom is 0.223 e. The van der Waals surface area contributed by atoms with Crippen molar-refractivity contribution in [2.24, 2.45) is 0 Å². The summed E-state index contributed by atoms with van der Waals surface area (Å²) in [5.74, 6) is 0.942. The number of hydrogen-bond acceptors (Lipinski definition) is 3. The highest BCUT2D eigenvalue weighted by Gasteiger charge is 2.09. The number of nitrogens with one attached hydrogen (secondary N) is 2. The molecule has 5 heteroatoms. The molecule has 0 spiro atoms. The molecule has 0 aliphatic rings. The molecule has 0 saturated carbocycles. The minimum absolute atomic E-state index is 0.129. The summed E-state index contributed by atoms with van der Waals surface area (Å²) in [5.41, 5.74) is 0. The highest BCUT2D eigenvalue weighted by atomic mass is 16.2. The van der Waals surface area contributed by atoms with Gasteiger partial charge in [-0.1, -0.05) is 13.8 Å². The van der Waals surface area contributed by atoms with E-state index in [0.29, 0.717) is 19.0 Å². The van der Waals surface area contributed by atoms with Crippen LogP contribution in [0.1, 0.15) is 26.1 Å². The monoisotopic (exact) mass is 224 g/mol. The van der Waals surface area contributed by atoms with Gasteiger partial charge < -0.3 is 15.2 Å². The Hall–Kier alpha value is -1.36. The van der Waals surface area contributed by atoms with Crippen LogP contribution in [-0.4, -0.2) is 40.4 Å². The molecule has 0 aliphatic carbocycles. The Labute approximate surface area is 96.3 Å². The number of amides is 1. The number of H-pyrrole nitrogens is 1. The first-order valence-corrected chi connectivity index (χ1v) is 5.55. The highest BCUT2D eigenvalue weighted by molar-refractivity contribution is 5.75. The second-order valence-electron chi connectivity index (χ2n) is 4.14. The number of imidazole rings is 1. The maximum absolute atomic E-state index is 11.7. The standard InChI is InChI=1S/C11H20N4O/c1-9(2)12-5-4-11(16)15(3)8-10-13-6-7-14-10/h6-7,9,12H,4-5,8H2,1-3H3,(H,13,14). The molecule has 1 heterocycles. The van der Waals surface area contributed by atoms with E-state index >= 15 is 0 Å². The lowest BCUT2D eigenvalue weighted by molar-refractivity contribution is -0.130. The summed E-state index contributed by atoms with van der Waals surface area (Å²) in [6.07, 6.45) is 3.97. The molecule has 0 bridgehead atoms. The van der Waals surface area contributed by atoms with Gasteiger partial charge in [-0.3, -0.25) is 4.79 Å². The van der Waals surface area contributed by atoms with E-state index in [0.717, 1.165) is 12.4 Å². The summed E-state index contributed by atoms with van der Waals surface area (Å²) in [4.78, 5) is 20.4. The summed E-state index contributed by atoms with van der Waals surface area (Å²) >= 11 is 0. The molecular weight excluding hydrogens is 204 g/mol. The molecule has 1 aromatic rings. The molecule has 90 valence electrons. The van der Waals surface area contributed by atoms with Crippen molar-refractivity contribution in [2.45, 2.75) is 32.9 Å². The van der Waals surface area contributed by atoms with Crippen molar-refractivity contribution in [3.05, 3.63) is 18.2 Å². The van der Waals surface area contributed by atoms with Crippen molar-refractivity contribution in [2.75, 3.05) is 13.6 Å². The van der Waals surface area contributed by atoms with Crippen LogP contribution in [0.25, 0.3) is 0 Å². The smallest absolute Gasteiger partial charge is 0.223 e. The zero-order valence-electron chi connectivity index (χ0n) is 10.2. The van der Waals surface area contributed by atoms with Crippen LogP contribution in [-0.2, 0) is 11.3 Å². The van der Waals surface area contributed by atoms with Gasteiger partial charge in [-0.2, -0.15) is 0 Å². The number of aromatic amines is 1. The summed E-state index contributed by atoms with van der Waals surface area (Å²) in [7, 11) is 1.79. The number of aromatic nitrogens is 2. The Bertz CT molecular complexity index is 308. The quantitative estimate of drug-likeness (QED) is 0.750. The van der Waals surface area contributed by atoms with Crippen LogP contribution >= 0.6 is 0 Å². The average Bonchev–Trinajstić information content (AvgIpc) is 2.69. The predicted molar refractivity (Wildman–Crippen MR) is 62.8 cm³/mol. The van der Waals surface area contributed by atoms with Crippen LogP contribution in [0.3, 0.4) is 0 Å². The number of rotatable bonds is 6. The molecule has 0 fully saturated rings. The van der Waals surface area contributed by atoms with Gasteiger partial charge in [-0.15, -0.1) is 0 Å². The van der Waals surface area contributed by atoms with Crippen molar-refractivity contribution in [1.82, 2.24) is 20.2 Å². The molecule has 16 heavy (non-hydrogen) atoms. The molecule has 1 aromatic heterocycles. The van der Waals surface area contributed by atoms with Gasteiger partial charge in [0.05, 0.1) is 6.54 Å². The molecule has 0 radical (unpaired) electrons. The Morgan fingerprint density at radius 2 is 2.38 bits per heavy atom. The summed E-state index contributed by atoms with van der Waals surface area (Å²) in [5, 5.41) is 3.22. The topological polar surface area (TPSA) is 61.0 Å². The Kier molecular flexibility index (Phi) is 4.98. The van der Waals surface area contributed by atoms with Crippen LogP contribution in [0.4, 0.5) is 0 Å². The van der Waals surface area contributed by atoms with Crippen molar-refractivity contribution >= 4 is 5.91 Å². The fourth-order valence-electron chi connectivity index (χ4n) is 1.36. The van der Waals surface area contributed by atoms with Crippen LogP contribution in [0, 0.1) is 0 Å². The molecule has 0 saturated heterocycles. The largest absolute Gasteiger partial charge is 0.347 e. The Balaban J connectivity index is 2.25. The predicted octanol–water partition coefficient (Wildman–Crippen LogP) is 0.756. The first kappa shape index (κ1) is 12.7. The third kappa shape index (κ3) is 4.44. The van der Waals surface area contributed by atoms with Crippen molar-refractivity contribution < 1.29 is 4.79 Å². The van der Waals surface area contributed by atoms with Crippen molar-refractivity contribution in [3.63, 3.8) is 0 Å². The lowest BCUT2D eigenvalue weighted by Crippen LogP contribution is -2.32. The molecule has 1 amide bonds. The third-order valence-electron chi connectivity index (χ3n) is 2.26. The van der Waals surface area contributed by atoms with Gasteiger partial charge in [0, 0.05) is 38.4 Å². The molecule has 5 nitrogen and oxygen atoms in total. The highest BCUT2D eigenvalue weighted by Crippen LogP contribution is 1.98. The summed E-state index contributed by atoms with van der Waals surface area (Å²) < 4.78 is 0. The van der Waals surface area contributed by atoms with E-state index in [-0.39, 0.29) is 5.91 Å². The minimum atomic E-state index is 0.129. The molecule has 0 aromatic carbocycles. The van der Waals surface area contributed by atoms with E-state index in [9.17, 15) is 4.79 Å².